The van der Waals surface area contributed by atoms with Gasteiger partial charge in [0, 0.05) is 25.7 Å². The number of nitrogens with zero attached hydrogens (tertiary/aromatic N) is 1. The third kappa shape index (κ3) is 7.66. The summed E-state index contributed by atoms with van der Waals surface area (Å²) in [4.78, 5) is 4.29. The molecule has 0 aliphatic rings. The van der Waals surface area contributed by atoms with Gasteiger partial charge in [-0.2, -0.15) is 0 Å². The first kappa shape index (κ1) is 23.1. The van der Waals surface area contributed by atoms with Crippen molar-refractivity contribution in [3.8, 4) is 11.5 Å². The molecule has 5 nitrogen and oxygen atoms in total. The SMILES string of the molecule is CN=C(NCc1ccc(OC)cc1)NCc1ccc(C)cc1OC(C)C.I. The van der Waals surface area contributed by atoms with Crippen LogP contribution in [0.3, 0.4) is 0 Å². The Morgan fingerprint density at radius 1 is 1.04 bits per heavy atom. The Labute approximate surface area is 179 Å². The molecule has 0 atom stereocenters. The van der Waals surface area contributed by atoms with Crippen LogP contribution in [-0.2, 0) is 13.1 Å². The van der Waals surface area contributed by atoms with Crippen LogP contribution < -0.4 is 20.1 Å². The van der Waals surface area contributed by atoms with Crippen LogP contribution in [-0.4, -0.2) is 26.2 Å². The molecule has 2 rings (SSSR count). The zero-order valence-corrected chi connectivity index (χ0v) is 19.0. The quantitative estimate of drug-likeness (QED) is 0.351. The van der Waals surface area contributed by atoms with Gasteiger partial charge in [0.1, 0.15) is 11.5 Å². The highest BCUT2D eigenvalue weighted by Crippen LogP contribution is 2.21. The molecule has 0 heterocycles. The van der Waals surface area contributed by atoms with Crippen LogP contribution in [0.2, 0.25) is 0 Å². The number of aliphatic imine (C=N–C) groups is 1. The molecule has 0 saturated carbocycles. The van der Waals surface area contributed by atoms with Crippen LogP contribution in [0, 0.1) is 6.92 Å². The van der Waals surface area contributed by atoms with E-state index >= 15 is 0 Å². The van der Waals surface area contributed by atoms with Crippen molar-refractivity contribution in [2.45, 2.75) is 40.0 Å². The molecule has 0 radical (unpaired) electrons. The molecule has 2 N–H and O–H groups in total. The monoisotopic (exact) mass is 483 g/mol. The van der Waals surface area contributed by atoms with Crippen molar-refractivity contribution < 1.29 is 9.47 Å². The standard InChI is InChI=1S/C21H29N3O2.HI/c1-15(2)26-20-12-16(3)6-9-18(20)14-24-21(22-4)23-13-17-7-10-19(25-5)11-8-17;/h6-12,15H,13-14H2,1-5H3,(H2,22,23,24);1H. The summed E-state index contributed by atoms with van der Waals surface area (Å²) in [6.45, 7) is 7.47. The summed E-state index contributed by atoms with van der Waals surface area (Å²) < 4.78 is 11.1. The van der Waals surface area contributed by atoms with E-state index in [2.05, 4.69) is 40.7 Å². The highest BCUT2D eigenvalue weighted by atomic mass is 127. The molecule has 0 bridgehead atoms. The summed E-state index contributed by atoms with van der Waals surface area (Å²) >= 11 is 0. The zero-order chi connectivity index (χ0) is 18.9. The molecule has 2 aromatic carbocycles. The highest BCUT2D eigenvalue weighted by Gasteiger charge is 2.07. The van der Waals surface area contributed by atoms with E-state index in [1.807, 2.05) is 38.1 Å². The van der Waals surface area contributed by atoms with Gasteiger partial charge in [-0.25, -0.2) is 0 Å². The molecule has 0 amide bonds. The van der Waals surface area contributed by atoms with E-state index in [9.17, 15) is 0 Å². The lowest BCUT2D eigenvalue weighted by molar-refractivity contribution is 0.239. The topological polar surface area (TPSA) is 54.9 Å². The molecule has 2 aromatic rings. The van der Waals surface area contributed by atoms with Crippen LogP contribution in [0.4, 0.5) is 0 Å². The van der Waals surface area contributed by atoms with Crippen molar-refractivity contribution in [1.82, 2.24) is 10.6 Å². The number of aryl methyl sites for hydroxylation is 1. The molecule has 0 fully saturated rings. The van der Waals surface area contributed by atoms with E-state index in [1.54, 1.807) is 14.2 Å². The molecule has 0 spiro atoms. The summed E-state index contributed by atoms with van der Waals surface area (Å²) in [7, 11) is 3.44. The molecule has 148 valence electrons. The van der Waals surface area contributed by atoms with Gasteiger partial charge in [-0.3, -0.25) is 4.99 Å². The van der Waals surface area contributed by atoms with Crippen molar-refractivity contribution in [2.24, 2.45) is 4.99 Å². The number of methoxy groups -OCH3 is 1. The molecule has 0 saturated heterocycles. The Balaban J connectivity index is 0.00000364. The number of guanidine groups is 1. The number of halogens is 1. The van der Waals surface area contributed by atoms with Crippen molar-refractivity contribution in [3.63, 3.8) is 0 Å². The maximum atomic E-state index is 5.93. The van der Waals surface area contributed by atoms with Crippen LogP contribution in [0.1, 0.15) is 30.5 Å². The molecule has 0 aliphatic carbocycles. The molecule has 0 unspecified atom stereocenters. The fraction of sp³-hybridized carbons (Fsp3) is 0.381. The van der Waals surface area contributed by atoms with Gasteiger partial charge in [-0.05, 0) is 50.1 Å². The van der Waals surface area contributed by atoms with E-state index in [-0.39, 0.29) is 30.1 Å². The average molecular weight is 483 g/mol. The lowest BCUT2D eigenvalue weighted by Crippen LogP contribution is -2.36. The van der Waals surface area contributed by atoms with Gasteiger partial charge in [0.15, 0.2) is 5.96 Å². The maximum Gasteiger partial charge on any atom is 0.191 e. The first-order chi connectivity index (χ1) is 12.5. The van der Waals surface area contributed by atoms with Crippen molar-refractivity contribution in [1.29, 1.82) is 0 Å². The second-order valence-corrected chi connectivity index (χ2v) is 6.41. The van der Waals surface area contributed by atoms with Crippen molar-refractivity contribution in [2.75, 3.05) is 14.2 Å². The lowest BCUT2D eigenvalue weighted by atomic mass is 10.1. The molecule has 0 aromatic heterocycles. The minimum absolute atomic E-state index is 0. The number of hydrogen-bond acceptors (Lipinski definition) is 3. The summed E-state index contributed by atoms with van der Waals surface area (Å²) in [5.41, 5.74) is 3.45. The van der Waals surface area contributed by atoms with E-state index in [0.717, 1.165) is 28.6 Å². The average Bonchev–Trinajstić information content (AvgIpc) is 2.63. The van der Waals surface area contributed by atoms with Gasteiger partial charge in [0.05, 0.1) is 13.2 Å². The Hall–Kier alpha value is -1.96. The van der Waals surface area contributed by atoms with Crippen LogP contribution >= 0.6 is 24.0 Å². The predicted molar refractivity (Wildman–Crippen MR) is 122 cm³/mol. The van der Waals surface area contributed by atoms with Crippen LogP contribution in [0.25, 0.3) is 0 Å². The Kier molecular flexibility index (Phi) is 9.99. The summed E-state index contributed by atoms with van der Waals surface area (Å²) in [6, 6.07) is 14.2. The second kappa shape index (κ2) is 11.7. The van der Waals surface area contributed by atoms with Crippen LogP contribution in [0.15, 0.2) is 47.5 Å². The maximum absolute atomic E-state index is 5.93. The number of ether oxygens (including phenoxy) is 2. The van der Waals surface area contributed by atoms with Gasteiger partial charge in [0.2, 0.25) is 0 Å². The number of hydrogen-bond donors (Lipinski definition) is 2. The number of rotatable bonds is 7. The van der Waals surface area contributed by atoms with Gasteiger partial charge in [0.25, 0.3) is 0 Å². The van der Waals surface area contributed by atoms with E-state index in [0.29, 0.717) is 13.1 Å². The van der Waals surface area contributed by atoms with E-state index < -0.39 is 0 Å². The van der Waals surface area contributed by atoms with Crippen LogP contribution in [0.5, 0.6) is 11.5 Å². The minimum atomic E-state index is 0. The third-order valence-electron chi connectivity index (χ3n) is 3.87. The van der Waals surface area contributed by atoms with Crippen molar-refractivity contribution in [3.05, 3.63) is 59.2 Å². The fourth-order valence-corrected chi connectivity index (χ4v) is 2.50. The normalized spacial score (nSPS) is 11.0. The summed E-state index contributed by atoms with van der Waals surface area (Å²) in [5, 5.41) is 6.67. The Morgan fingerprint density at radius 2 is 1.70 bits per heavy atom. The van der Waals surface area contributed by atoms with Crippen molar-refractivity contribution >= 4 is 29.9 Å². The largest absolute Gasteiger partial charge is 0.497 e. The first-order valence-electron chi connectivity index (χ1n) is 8.85. The lowest BCUT2D eigenvalue weighted by Gasteiger charge is -2.17. The molecular formula is C21H30IN3O2. The Morgan fingerprint density at radius 3 is 2.30 bits per heavy atom. The Bertz CT molecular complexity index is 731. The molecule has 0 aliphatic heterocycles. The fourth-order valence-electron chi connectivity index (χ4n) is 2.50. The molecular weight excluding hydrogens is 453 g/mol. The molecule has 27 heavy (non-hydrogen) atoms. The predicted octanol–water partition coefficient (Wildman–Crippen LogP) is 4.27. The van der Waals surface area contributed by atoms with Gasteiger partial charge >= 0.3 is 0 Å². The highest BCUT2D eigenvalue weighted by molar-refractivity contribution is 14.0. The molecule has 6 heteroatoms. The number of nitrogens with one attached hydrogen (secondary N) is 2. The van der Waals surface area contributed by atoms with E-state index in [1.165, 1.54) is 5.56 Å². The first-order valence-corrected chi connectivity index (χ1v) is 8.85. The van der Waals surface area contributed by atoms with E-state index in [4.69, 9.17) is 9.47 Å². The second-order valence-electron chi connectivity index (χ2n) is 6.41. The minimum Gasteiger partial charge on any atom is -0.497 e. The zero-order valence-electron chi connectivity index (χ0n) is 16.7. The summed E-state index contributed by atoms with van der Waals surface area (Å²) in [5.74, 6) is 2.52. The smallest absolute Gasteiger partial charge is 0.191 e. The van der Waals surface area contributed by atoms with Gasteiger partial charge < -0.3 is 20.1 Å². The van der Waals surface area contributed by atoms with Gasteiger partial charge in [-0.15, -0.1) is 24.0 Å². The summed E-state index contributed by atoms with van der Waals surface area (Å²) in [6.07, 6.45) is 0.142. The number of benzene rings is 2. The van der Waals surface area contributed by atoms with Gasteiger partial charge in [-0.1, -0.05) is 24.3 Å². The third-order valence-corrected chi connectivity index (χ3v) is 3.87.